The lowest BCUT2D eigenvalue weighted by Crippen LogP contribution is -2.39. The van der Waals surface area contributed by atoms with E-state index < -0.39 is 0 Å². The van der Waals surface area contributed by atoms with Gasteiger partial charge in [0.25, 0.3) is 0 Å². The second-order valence-electron chi connectivity index (χ2n) is 2.19. The van der Waals surface area contributed by atoms with Crippen molar-refractivity contribution in [3.05, 3.63) is 0 Å². The van der Waals surface area contributed by atoms with E-state index in [1.807, 2.05) is 23.7 Å². The average molecular weight is 160 g/mol. The van der Waals surface area contributed by atoms with Gasteiger partial charge in [-0.3, -0.25) is 10.2 Å². The number of amides is 1. The van der Waals surface area contributed by atoms with Crippen LogP contribution in [0, 0.1) is 0 Å². The van der Waals surface area contributed by atoms with Gasteiger partial charge in [-0.2, -0.15) is 0 Å². The van der Waals surface area contributed by atoms with Gasteiger partial charge in [-0.15, -0.1) is 11.8 Å². The number of hydrazine groups is 1. The fraction of sp³-hybridized carbons (Fsp3) is 0.833. The van der Waals surface area contributed by atoms with Gasteiger partial charge in [-0.25, -0.2) is 5.01 Å². The minimum Gasteiger partial charge on any atom is -0.288 e. The van der Waals surface area contributed by atoms with Crippen molar-refractivity contribution in [1.29, 1.82) is 0 Å². The van der Waals surface area contributed by atoms with Crippen molar-refractivity contribution in [1.82, 2.24) is 10.4 Å². The second-order valence-corrected chi connectivity index (χ2v) is 3.26. The molecular formula is C6H12N2OS. The number of hydrogen-bond donors (Lipinski definition) is 1. The predicted octanol–water partition coefficient (Wildman–Crippen LogP) is 0.434. The normalized spacial score (nSPS) is 19.3. The fourth-order valence-electron chi connectivity index (χ4n) is 0.758. The standard InChI is InChI=1S/C6H12N2OS/c1-2-6(9)7-8-3-4-10-5-8/h2-5H2,1H3,(H,7,9). The predicted molar refractivity (Wildman–Crippen MR) is 42.5 cm³/mol. The maximum atomic E-state index is 10.8. The molecule has 58 valence electrons. The van der Waals surface area contributed by atoms with Crippen molar-refractivity contribution in [3.63, 3.8) is 0 Å². The highest BCUT2D eigenvalue weighted by atomic mass is 32.2. The second kappa shape index (κ2) is 3.83. The minimum absolute atomic E-state index is 0.113. The number of nitrogens with zero attached hydrogens (tertiary/aromatic N) is 1. The molecule has 1 heterocycles. The Labute approximate surface area is 65.1 Å². The van der Waals surface area contributed by atoms with E-state index in [4.69, 9.17) is 0 Å². The van der Waals surface area contributed by atoms with Crippen LogP contribution in [0.15, 0.2) is 0 Å². The molecule has 0 aliphatic carbocycles. The van der Waals surface area contributed by atoms with E-state index in [0.717, 1.165) is 18.2 Å². The molecule has 0 unspecified atom stereocenters. The summed E-state index contributed by atoms with van der Waals surface area (Å²) < 4.78 is 0. The number of carbonyl (C=O) groups is 1. The van der Waals surface area contributed by atoms with Crippen molar-refractivity contribution in [2.75, 3.05) is 18.2 Å². The van der Waals surface area contributed by atoms with Crippen LogP contribution in [-0.2, 0) is 4.79 Å². The van der Waals surface area contributed by atoms with E-state index in [1.54, 1.807) is 0 Å². The van der Waals surface area contributed by atoms with Crippen LogP contribution in [0.5, 0.6) is 0 Å². The van der Waals surface area contributed by atoms with Crippen molar-refractivity contribution in [2.24, 2.45) is 0 Å². The van der Waals surface area contributed by atoms with E-state index >= 15 is 0 Å². The molecule has 4 heteroatoms. The van der Waals surface area contributed by atoms with Crippen LogP contribution >= 0.6 is 11.8 Å². The largest absolute Gasteiger partial charge is 0.288 e. The Morgan fingerprint density at radius 3 is 3.10 bits per heavy atom. The first-order valence-electron chi connectivity index (χ1n) is 3.45. The third-order valence-electron chi connectivity index (χ3n) is 1.36. The molecule has 0 bridgehead atoms. The Morgan fingerprint density at radius 1 is 1.80 bits per heavy atom. The quantitative estimate of drug-likeness (QED) is 0.636. The maximum absolute atomic E-state index is 10.8. The molecule has 0 saturated carbocycles. The summed E-state index contributed by atoms with van der Waals surface area (Å²) in [5, 5.41) is 1.95. The van der Waals surface area contributed by atoms with Crippen LogP contribution in [-0.4, -0.2) is 29.1 Å². The van der Waals surface area contributed by atoms with Gasteiger partial charge >= 0.3 is 0 Å². The van der Waals surface area contributed by atoms with E-state index in [0.29, 0.717) is 6.42 Å². The Kier molecular flexibility index (Phi) is 3.02. The Balaban J connectivity index is 2.17. The molecule has 1 rings (SSSR count). The van der Waals surface area contributed by atoms with Crippen molar-refractivity contribution in [2.45, 2.75) is 13.3 Å². The van der Waals surface area contributed by atoms with Gasteiger partial charge in [0, 0.05) is 18.7 Å². The summed E-state index contributed by atoms with van der Waals surface area (Å²) in [6, 6.07) is 0. The maximum Gasteiger partial charge on any atom is 0.234 e. The van der Waals surface area contributed by atoms with E-state index in [-0.39, 0.29) is 5.91 Å². The van der Waals surface area contributed by atoms with Gasteiger partial charge in [0.15, 0.2) is 0 Å². The molecule has 1 amide bonds. The molecule has 0 aromatic carbocycles. The Bertz CT molecular complexity index is 123. The van der Waals surface area contributed by atoms with Crippen LogP contribution < -0.4 is 5.43 Å². The lowest BCUT2D eigenvalue weighted by Gasteiger charge is -2.13. The summed E-state index contributed by atoms with van der Waals surface area (Å²) in [7, 11) is 0. The molecule has 3 nitrogen and oxygen atoms in total. The van der Waals surface area contributed by atoms with Crippen molar-refractivity contribution < 1.29 is 4.79 Å². The molecular weight excluding hydrogens is 148 g/mol. The topological polar surface area (TPSA) is 32.3 Å². The van der Waals surface area contributed by atoms with Gasteiger partial charge in [0.2, 0.25) is 5.91 Å². The Hall–Kier alpha value is -0.220. The summed E-state index contributed by atoms with van der Waals surface area (Å²) in [4.78, 5) is 10.8. The van der Waals surface area contributed by atoms with Gasteiger partial charge in [0.1, 0.15) is 0 Å². The van der Waals surface area contributed by atoms with Crippen molar-refractivity contribution >= 4 is 17.7 Å². The summed E-state index contributed by atoms with van der Waals surface area (Å²) in [5.41, 5.74) is 2.80. The van der Waals surface area contributed by atoms with E-state index in [2.05, 4.69) is 5.43 Å². The van der Waals surface area contributed by atoms with Crippen LogP contribution in [0.3, 0.4) is 0 Å². The molecule has 1 saturated heterocycles. The molecule has 0 spiro atoms. The van der Waals surface area contributed by atoms with Crippen molar-refractivity contribution in [3.8, 4) is 0 Å². The van der Waals surface area contributed by atoms with Gasteiger partial charge in [-0.05, 0) is 0 Å². The average Bonchev–Trinajstić information content (AvgIpc) is 2.40. The van der Waals surface area contributed by atoms with Gasteiger partial charge < -0.3 is 0 Å². The van der Waals surface area contributed by atoms with Gasteiger partial charge in [0.05, 0.1) is 5.88 Å². The zero-order valence-electron chi connectivity index (χ0n) is 6.09. The molecule has 10 heavy (non-hydrogen) atoms. The molecule has 0 aromatic heterocycles. The molecule has 1 aliphatic rings. The molecule has 1 N–H and O–H groups in total. The minimum atomic E-state index is 0.113. The number of rotatable bonds is 2. The highest BCUT2D eigenvalue weighted by molar-refractivity contribution is 7.99. The zero-order valence-corrected chi connectivity index (χ0v) is 6.91. The first kappa shape index (κ1) is 7.88. The smallest absolute Gasteiger partial charge is 0.234 e. The molecule has 1 fully saturated rings. The lowest BCUT2D eigenvalue weighted by atomic mass is 10.5. The number of carbonyl (C=O) groups excluding carboxylic acids is 1. The molecule has 0 atom stereocenters. The summed E-state index contributed by atoms with van der Waals surface area (Å²) >= 11 is 1.85. The first-order chi connectivity index (χ1) is 4.83. The fourth-order valence-corrected chi connectivity index (χ4v) is 1.65. The summed E-state index contributed by atoms with van der Waals surface area (Å²) in [6.07, 6.45) is 0.571. The van der Waals surface area contributed by atoms with Crippen LogP contribution in [0.1, 0.15) is 13.3 Å². The molecule has 0 aromatic rings. The highest BCUT2D eigenvalue weighted by Crippen LogP contribution is 2.09. The van der Waals surface area contributed by atoms with Crippen LogP contribution in [0.2, 0.25) is 0 Å². The number of hydrogen-bond acceptors (Lipinski definition) is 3. The highest BCUT2D eigenvalue weighted by Gasteiger charge is 2.12. The lowest BCUT2D eigenvalue weighted by molar-refractivity contribution is -0.124. The monoisotopic (exact) mass is 160 g/mol. The summed E-state index contributed by atoms with van der Waals surface area (Å²) in [6.45, 7) is 2.84. The van der Waals surface area contributed by atoms with E-state index in [9.17, 15) is 4.79 Å². The number of nitrogens with one attached hydrogen (secondary N) is 1. The molecule has 1 aliphatic heterocycles. The zero-order chi connectivity index (χ0) is 7.40. The SMILES string of the molecule is CCC(=O)NN1CCSC1. The van der Waals surface area contributed by atoms with Crippen LogP contribution in [0.25, 0.3) is 0 Å². The first-order valence-corrected chi connectivity index (χ1v) is 4.60. The van der Waals surface area contributed by atoms with Gasteiger partial charge in [-0.1, -0.05) is 6.92 Å². The third kappa shape index (κ3) is 2.19. The van der Waals surface area contributed by atoms with Crippen LogP contribution in [0.4, 0.5) is 0 Å². The van der Waals surface area contributed by atoms with E-state index in [1.165, 1.54) is 0 Å². The molecule has 0 radical (unpaired) electrons. The number of thioether (sulfide) groups is 1. The Morgan fingerprint density at radius 2 is 2.60 bits per heavy atom. The third-order valence-corrected chi connectivity index (χ3v) is 2.32. The summed E-state index contributed by atoms with van der Waals surface area (Å²) in [5.74, 6) is 2.18.